The van der Waals surface area contributed by atoms with Gasteiger partial charge in [-0.3, -0.25) is 4.79 Å². The van der Waals surface area contributed by atoms with E-state index in [1.807, 2.05) is 0 Å². The first kappa shape index (κ1) is 19.6. The number of benzene rings is 2. The number of carbonyl (C=O) groups excluding carboxylic acids is 1. The van der Waals surface area contributed by atoms with Crippen molar-refractivity contribution in [3.8, 4) is 5.75 Å². The fourth-order valence-electron chi connectivity index (χ4n) is 2.84. The van der Waals surface area contributed by atoms with Crippen LogP contribution in [0.25, 0.3) is 0 Å². The van der Waals surface area contributed by atoms with Crippen molar-refractivity contribution in [2.24, 2.45) is 0 Å². The fourth-order valence-corrected chi connectivity index (χ4v) is 4.62. The van der Waals surface area contributed by atoms with Crippen molar-refractivity contribution in [1.82, 2.24) is 4.90 Å². The maximum atomic E-state index is 13.0. The molecule has 144 valence electrons. The van der Waals surface area contributed by atoms with Crippen LogP contribution in [0.4, 0.5) is 4.39 Å². The summed E-state index contributed by atoms with van der Waals surface area (Å²) in [5, 5.41) is -0.152. The molecule has 0 bridgehead atoms. The van der Waals surface area contributed by atoms with Gasteiger partial charge in [-0.2, -0.15) is 0 Å². The number of ether oxygens (including phenoxy) is 1. The molecular formula is C19H19ClFNO4S. The first-order valence-electron chi connectivity index (χ1n) is 8.33. The van der Waals surface area contributed by atoms with E-state index in [4.69, 9.17) is 16.3 Å². The van der Waals surface area contributed by atoms with Crippen molar-refractivity contribution in [1.29, 1.82) is 0 Å². The van der Waals surface area contributed by atoms with Crippen LogP contribution in [0, 0.1) is 5.82 Å². The predicted molar refractivity (Wildman–Crippen MR) is 100 cm³/mol. The molecule has 1 heterocycles. The fraction of sp³-hybridized carbons (Fsp3) is 0.316. The third kappa shape index (κ3) is 4.09. The lowest BCUT2D eigenvalue weighted by atomic mass is 10.0. The number of hydrogen-bond donors (Lipinski definition) is 0. The van der Waals surface area contributed by atoms with E-state index in [1.54, 1.807) is 38.1 Å². The van der Waals surface area contributed by atoms with Crippen molar-refractivity contribution < 1.29 is 22.3 Å². The number of likely N-dealkylation sites (tertiary alicyclic amines) is 1. The molecule has 0 unspecified atom stereocenters. The van der Waals surface area contributed by atoms with Gasteiger partial charge in [-0.05, 0) is 62.4 Å². The summed E-state index contributed by atoms with van der Waals surface area (Å²) in [6.07, 6.45) is 0. The molecule has 2 aromatic carbocycles. The zero-order valence-corrected chi connectivity index (χ0v) is 16.4. The Hall–Kier alpha value is -2.12. The van der Waals surface area contributed by atoms with E-state index in [0.29, 0.717) is 10.8 Å². The van der Waals surface area contributed by atoms with Gasteiger partial charge >= 0.3 is 0 Å². The predicted octanol–water partition coefficient (Wildman–Crippen LogP) is 3.32. The number of halogens is 2. The van der Waals surface area contributed by atoms with E-state index in [1.165, 1.54) is 17.0 Å². The third-order valence-corrected chi connectivity index (χ3v) is 6.77. The van der Waals surface area contributed by atoms with Crippen LogP contribution >= 0.6 is 11.6 Å². The van der Waals surface area contributed by atoms with Gasteiger partial charge in [0.25, 0.3) is 5.91 Å². The Kier molecular flexibility index (Phi) is 5.18. The van der Waals surface area contributed by atoms with Gasteiger partial charge in [-0.25, -0.2) is 12.8 Å². The topological polar surface area (TPSA) is 63.7 Å². The van der Waals surface area contributed by atoms with Crippen LogP contribution in [-0.4, -0.2) is 43.2 Å². The van der Waals surface area contributed by atoms with Gasteiger partial charge in [0.05, 0.1) is 4.90 Å². The van der Waals surface area contributed by atoms with E-state index in [2.05, 4.69) is 0 Å². The zero-order chi connectivity index (χ0) is 19.8. The van der Waals surface area contributed by atoms with Crippen LogP contribution in [0.5, 0.6) is 5.75 Å². The first-order chi connectivity index (χ1) is 12.6. The number of rotatable bonds is 5. The molecule has 0 aromatic heterocycles. The lowest BCUT2D eigenvalue weighted by Gasteiger charge is -2.42. The molecule has 1 saturated heterocycles. The van der Waals surface area contributed by atoms with Crippen molar-refractivity contribution in [2.75, 3.05) is 13.1 Å². The van der Waals surface area contributed by atoms with Crippen LogP contribution in [0.2, 0.25) is 5.02 Å². The Morgan fingerprint density at radius 3 is 2.22 bits per heavy atom. The summed E-state index contributed by atoms with van der Waals surface area (Å²) >= 11 is 5.84. The number of sulfone groups is 1. The highest BCUT2D eigenvalue weighted by Crippen LogP contribution is 2.28. The highest BCUT2D eigenvalue weighted by molar-refractivity contribution is 7.92. The highest BCUT2D eigenvalue weighted by atomic mass is 35.5. The Balaban J connectivity index is 1.64. The van der Waals surface area contributed by atoms with Crippen LogP contribution in [-0.2, 0) is 14.6 Å². The van der Waals surface area contributed by atoms with E-state index < -0.39 is 26.5 Å². The second-order valence-corrected chi connectivity index (χ2v) is 9.56. The summed E-state index contributed by atoms with van der Waals surface area (Å²) in [6, 6.07) is 11.3. The van der Waals surface area contributed by atoms with E-state index in [9.17, 15) is 17.6 Å². The lowest BCUT2D eigenvalue weighted by Crippen LogP contribution is -2.62. The van der Waals surface area contributed by atoms with Gasteiger partial charge < -0.3 is 9.64 Å². The molecule has 0 spiro atoms. The second kappa shape index (κ2) is 7.13. The lowest BCUT2D eigenvalue weighted by molar-refractivity contribution is -0.148. The largest absolute Gasteiger partial charge is 0.478 e. The summed E-state index contributed by atoms with van der Waals surface area (Å²) in [4.78, 5) is 14.2. The highest BCUT2D eigenvalue weighted by Gasteiger charge is 2.45. The molecule has 0 aliphatic carbocycles. The quantitative estimate of drug-likeness (QED) is 0.708. The van der Waals surface area contributed by atoms with E-state index in [-0.39, 0.29) is 23.9 Å². The standard InChI is InChI=1S/C19H19ClFNO4S/c1-19(2,26-15-7-3-13(20)4-8-15)18(23)22-11-17(12-22)27(24,25)16-9-5-14(21)6-10-16/h3-10,17H,11-12H2,1-2H3. The maximum Gasteiger partial charge on any atom is 0.266 e. The number of carbonyl (C=O) groups is 1. The van der Waals surface area contributed by atoms with Crippen LogP contribution in [0.1, 0.15) is 13.8 Å². The monoisotopic (exact) mass is 411 g/mol. The molecule has 0 N–H and O–H groups in total. The first-order valence-corrected chi connectivity index (χ1v) is 10.3. The summed E-state index contributed by atoms with van der Waals surface area (Å²) in [7, 11) is -3.61. The molecule has 2 aromatic rings. The van der Waals surface area contributed by atoms with Crippen LogP contribution < -0.4 is 4.74 Å². The van der Waals surface area contributed by atoms with Crippen molar-refractivity contribution >= 4 is 27.3 Å². The average Bonchev–Trinajstić information content (AvgIpc) is 2.55. The van der Waals surface area contributed by atoms with Gasteiger partial charge in [-0.1, -0.05) is 11.6 Å². The van der Waals surface area contributed by atoms with Gasteiger partial charge in [0, 0.05) is 18.1 Å². The minimum absolute atomic E-state index is 0.0534. The molecule has 1 fully saturated rings. The Morgan fingerprint density at radius 2 is 1.67 bits per heavy atom. The molecule has 1 aliphatic heterocycles. The molecule has 8 heteroatoms. The Labute approximate surface area is 162 Å². The molecular weight excluding hydrogens is 393 g/mol. The molecule has 0 saturated carbocycles. The third-order valence-electron chi connectivity index (χ3n) is 4.42. The molecule has 5 nitrogen and oxygen atoms in total. The van der Waals surface area contributed by atoms with Crippen LogP contribution in [0.3, 0.4) is 0 Å². The molecule has 0 radical (unpaired) electrons. The number of nitrogens with zero attached hydrogens (tertiary/aromatic N) is 1. The van der Waals surface area contributed by atoms with Crippen LogP contribution in [0.15, 0.2) is 53.4 Å². The summed E-state index contributed by atoms with van der Waals surface area (Å²) in [5.41, 5.74) is -1.15. The summed E-state index contributed by atoms with van der Waals surface area (Å²) in [6.45, 7) is 3.41. The van der Waals surface area contributed by atoms with Gasteiger partial charge in [0.1, 0.15) is 16.8 Å². The van der Waals surface area contributed by atoms with Crippen molar-refractivity contribution in [3.63, 3.8) is 0 Å². The van der Waals surface area contributed by atoms with Crippen molar-refractivity contribution in [3.05, 3.63) is 59.4 Å². The van der Waals surface area contributed by atoms with Gasteiger partial charge in [0.15, 0.2) is 15.4 Å². The summed E-state index contributed by atoms with van der Waals surface area (Å²) < 4.78 is 43.9. The molecule has 0 atom stereocenters. The maximum absolute atomic E-state index is 13.0. The molecule has 1 aliphatic rings. The van der Waals surface area contributed by atoms with Crippen molar-refractivity contribution in [2.45, 2.75) is 29.6 Å². The number of amides is 1. The normalized spacial score (nSPS) is 15.3. The molecule has 3 rings (SSSR count). The van der Waals surface area contributed by atoms with E-state index >= 15 is 0 Å². The molecule has 1 amide bonds. The van der Waals surface area contributed by atoms with Gasteiger partial charge in [-0.15, -0.1) is 0 Å². The second-order valence-electron chi connectivity index (χ2n) is 6.90. The summed E-state index contributed by atoms with van der Waals surface area (Å²) in [5.74, 6) is -0.308. The Morgan fingerprint density at radius 1 is 1.11 bits per heavy atom. The SMILES string of the molecule is CC(C)(Oc1ccc(Cl)cc1)C(=O)N1CC(S(=O)(=O)c2ccc(F)cc2)C1. The number of hydrogen-bond acceptors (Lipinski definition) is 4. The average molecular weight is 412 g/mol. The smallest absolute Gasteiger partial charge is 0.266 e. The minimum Gasteiger partial charge on any atom is -0.478 e. The minimum atomic E-state index is -3.61. The Bertz CT molecular complexity index is 937. The van der Waals surface area contributed by atoms with E-state index in [0.717, 1.165) is 12.1 Å². The van der Waals surface area contributed by atoms with Gasteiger partial charge in [0.2, 0.25) is 0 Å². The molecule has 27 heavy (non-hydrogen) atoms. The zero-order valence-electron chi connectivity index (χ0n) is 14.9.